The Hall–Kier alpha value is -1.97. The zero-order valence-electron chi connectivity index (χ0n) is 11.2. The minimum atomic E-state index is -0.281. The van der Waals surface area contributed by atoms with E-state index in [1.54, 1.807) is 18.2 Å². The molecule has 1 heterocycles. The summed E-state index contributed by atoms with van der Waals surface area (Å²) >= 11 is 12.0. The number of aromatic nitrogens is 1. The monoisotopic (exact) mass is 318 g/mol. The number of carbonyl (C=O) groups is 1. The summed E-state index contributed by atoms with van der Waals surface area (Å²) in [5, 5.41) is 4.59. The molecule has 0 bridgehead atoms. The smallest absolute Gasteiger partial charge is 0.257 e. The number of fused-ring (bicyclic) bond motifs is 1. The normalized spacial score (nSPS) is 10.8. The number of anilines is 1. The van der Waals surface area contributed by atoms with Gasteiger partial charge in [-0.2, -0.15) is 0 Å². The number of benzene rings is 2. The van der Waals surface area contributed by atoms with E-state index in [0.29, 0.717) is 16.3 Å². The third-order valence-electron chi connectivity index (χ3n) is 3.34. The zero-order valence-corrected chi connectivity index (χ0v) is 12.7. The lowest BCUT2D eigenvalue weighted by Gasteiger charge is -2.08. The van der Waals surface area contributed by atoms with Crippen molar-refractivity contribution in [1.82, 2.24) is 4.57 Å². The van der Waals surface area contributed by atoms with Crippen LogP contribution in [0, 0.1) is 0 Å². The molecule has 0 saturated heterocycles. The fourth-order valence-electron chi connectivity index (χ4n) is 2.22. The molecule has 0 saturated carbocycles. The van der Waals surface area contributed by atoms with E-state index >= 15 is 0 Å². The predicted octanol–water partition coefficient (Wildman–Crippen LogP) is 4.74. The molecule has 0 spiro atoms. The number of nitrogens with one attached hydrogen (secondary N) is 1. The van der Waals surface area contributed by atoms with Crippen molar-refractivity contribution in [2.45, 2.75) is 0 Å². The van der Waals surface area contributed by atoms with E-state index < -0.39 is 0 Å². The van der Waals surface area contributed by atoms with Crippen LogP contribution >= 0.6 is 23.2 Å². The van der Waals surface area contributed by atoms with Gasteiger partial charge in [0.2, 0.25) is 0 Å². The standard InChI is InChI=1S/C16H12Cl2N2O/c1-20-8-7-10-5-6-11(9-14(10)20)19-16(21)12-3-2-4-13(17)15(12)18/h2-9H,1H3,(H,19,21). The van der Waals surface area contributed by atoms with Crippen LogP contribution in [0.1, 0.15) is 10.4 Å². The molecule has 1 aromatic heterocycles. The van der Waals surface area contributed by atoms with Gasteiger partial charge in [-0.15, -0.1) is 0 Å². The molecule has 5 heteroatoms. The summed E-state index contributed by atoms with van der Waals surface area (Å²) in [7, 11) is 1.96. The number of carbonyl (C=O) groups excluding carboxylic acids is 1. The van der Waals surface area contributed by atoms with E-state index in [2.05, 4.69) is 5.32 Å². The van der Waals surface area contributed by atoms with Gasteiger partial charge in [-0.1, -0.05) is 35.3 Å². The van der Waals surface area contributed by atoms with Crippen molar-refractivity contribution in [3.05, 3.63) is 64.3 Å². The highest BCUT2D eigenvalue weighted by molar-refractivity contribution is 6.44. The lowest BCUT2D eigenvalue weighted by atomic mass is 10.2. The Morgan fingerprint density at radius 1 is 1.14 bits per heavy atom. The summed E-state index contributed by atoms with van der Waals surface area (Å²) in [5.74, 6) is -0.281. The van der Waals surface area contributed by atoms with Gasteiger partial charge in [0.05, 0.1) is 15.6 Å². The largest absolute Gasteiger partial charge is 0.350 e. The van der Waals surface area contributed by atoms with Crippen molar-refractivity contribution in [3.8, 4) is 0 Å². The Kier molecular flexibility index (Phi) is 3.62. The van der Waals surface area contributed by atoms with Crippen molar-refractivity contribution in [3.63, 3.8) is 0 Å². The molecule has 0 aliphatic heterocycles. The summed E-state index contributed by atoms with van der Waals surface area (Å²) in [6.07, 6.45) is 1.98. The zero-order chi connectivity index (χ0) is 15.0. The molecule has 0 atom stereocenters. The number of halogens is 2. The number of aryl methyl sites for hydroxylation is 1. The maximum atomic E-state index is 12.3. The van der Waals surface area contributed by atoms with Gasteiger partial charge in [-0.25, -0.2) is 0 Å². The van der Waals surface area contributed by atoms with Gasteiger partial charge in [0.1, 0.15) is 0 Å². The molecule has 3 nitrogen and oxygen atoms in total. The molecule has 2 aromatic carbocycles. The van der Waals surface area contributed by atoms with E-state index in [4.69, 9.17) is 23.2 Å². The second-order valence-electron chi connectivity index (χ2n) is 4.76. The average Bonchev–Trinajstić information content (AvgIpc) is 2.83. The van der Waals surface area contributed by atoms with E-state index in [1.165, 1.54) is 0 Å². The molecular weight excluding hydrogens is 307 g/mol. The van der Waals surface area contributed by atoms with Crippen molar-refractivity contribution in [1.29, 1.82) is 0 Å². The van der Waals surface area contributed by atoms with Crippen LogP contribution in [-0.2, 0) is 7.05 Å². The fourth-order valence-corrected chi connectivity index (χ4v) is 2.60. The first-order valence-electron chi connectivity index (χ1n) is 6.37. The van der Waals surface area contributed by atoms with Crippen LogP contribution in [0.15, 0.2) is 48.7 Å². The van der Waals surface area contributed by atoms with Gasteiger partial charge in [-0.3, -0.25) is 4.79 Å². The van der Waals surface area contributed by atoms with Crippen LogP contribution in [-0.4, -0.2) is 10.5 Å². The lowest BCUT2D eigenvalue weighted by Crippen LogP contribution is -2.12. The van der Waals surface area contributed by atoms with E-state index in [1.807, 2.05) is 42.1 Å². The van der Waals surface area contributed by atoms with Gasteiger partial charge in [0.15, 0.2) is 0 Å². The highest BCUT2D eigenvalue weighted by Gasteiger charge is 2.13. The van der Waals surface area contributed by atoms with Crippen LogP contribution in [0.25, 0.3) is 10.9 Å². The molecule has 0 aliphatic rings. The van der Waals surface area contributed by atoms with Crippen LogP contribution < -0.4 is 5.32 Å². The van der Waals surface area contributed by atoms with Gasteiger partial charge >= 0.3 is 0 Å². The maximum Gasteiger partial charge on any atom is 0.257 e. The van der Waals surface area contributed by atoms with E-state index in [9.17, 15) is 4.79 Å². The van der Waals surface area contributed by atoms with Crippen molar-refractivity contribution in [2.75, 3.05) is 5.32 Å². The minimum Gasteiger partial charge on any atom is -0.350 e. The number of rotatable bonds is 2. The first-order valence-corrected chi connectivity index (χ1v) is 7.12. The molecule has 1 amide bonds. The van der Waals surface area contributed by atoms with Crippen LogP contribution in [0.5, 0.6) is 0 Å². The molecule has 3 aromatic rings. The Labute approximate surface area is 132 Å². The second kappa shape index (κ2) is 5.43. The molecule has 106 valence electrons. The SMILES string of the molecule is Cn1ccc2ccc(NC(=O)c3cccc(Cl)c3Cl)cc21. The summed E-state index contributed by atoms with van der Waals surface area (Å²) in [6.45, 7) is 0. The van der Waals surface area contributed by atoms with Crippen LogP contribution in [0.4, 0.5) is 5.69 Å². The van der Waals surface area contributed by atoms with E-state index in [-0.39, 0.29) is 10.9 Å². The topological polar surface area (TPSA) is 34.0 Å². The van der Waals surface area contributed by atoms with Crippen LogP contribution in [0.2, 0.25) is 10.0 Å². The first kappa shape index (κ1) is 14.0. The quantitative estimate of drug-likeness (QED) is 0.727. The average molecular weight is 319 g/mol. The Bertz CT molecular complexity index is 839. The first-order chi connectivity index (χ1) is 10.1. The van der Waals surface area contributed by atoms with Crippen molar-refractivity contribution < 1.29 is 4.79 Å². The number of amides is 1. The Morgan fingerprint density at radius 3 is 2.76 bits per heavy atom. The molecule has 0 aliphatic carbocycles. The Balaban J connectivity index is 1.92. The predicted molar refractivity (Wildman–Crippen MR) is 87.3 cm³/mol. The lowest BCUT2D eigenvalue weighted by molar-refractivity contribution is 0.102. The summed E-state index contributed by atoms with van der Waals surface area (Å²) in [6, 6.07) is 12.8. The Morgan fingerprint density at radius 2 is 1.95 bits per heavy atom. The van der Waals surface area contributed by atoms with Crippen molar-refractivity contribution in [2.24, 2.45) is 7.05 Å². The fraction of sp³-hybridized carbons (Fsp3) is 0.0625. The van der Waals surface area contributed by atoms with Gasteiger partial charge in [0, 0.05) is 24.4 Å². The van der Waals surface area contributed by atoms with Crippen molar-refractivity contribution >= 4 is 45.7 Å². The van der Waals surface area contributed by atoms with E-state index in [0.717, 1.165) is 10.9 Å². The highest BCUT2D eigenvalue weighted by atomic mass is 35.5. The van der Waals surface area contributed by atoms with Gasteiger partial charge in [0.25, 0.3) is 5.91 Å². The molecule has 0 unspecified atom stereocenters. The highest BCUT2D eigenvalue weighted by Crippen LogP contribution is 2.27. The summed E-state index contributed by atoms with van der Waals surface area (Å²) in [5.41, 5.74) is 2.12. The molecule has 3 rings (SSSR count). The third kappa shape index (κ3) is 2.62. The summed E-state index contributed by atoms with van der Waals surface area (Å²) < 4.78 is 2.00. The number of hydrogen-bond donors (Lipinski definition) is 1. The molecule has 21 heavy (non-hydrogen) atoms. The number of nitrogens with zero attached hydrogens (tertiary/aromatic N) is 1. The molecule has 0 fully saturated rings. The van der Waals surface area contributed by atoms with Gasteiger partial charge in [-0.05, 0) is 35.7 Å². The third-order valence-corrected chi connectivity index (χ3v) is 4.16. The molecule has 0 radical (unpaired) electrons. The molecule has 1 N–H and O–H groups in total. The second-order valence-corrected chi connectivity index (χ2v) is 5.54. The molecular formula is C16H12Cl2N2O. The number of hydrogen-bond acceptors (Lipinski definition) is 1. The summed E-state index contributed by atoms with van der Waals surface area (Å²) in [4.78, 5) is 12.3. The van der Waals surface area contributed by atoms with Crippen LogP contribution in [0.3, 0.4) is 0 Å². The minimum absolute atomic E-state index is 0.261. The maximum absolute atomic E-state index is 12.3. The van der Waals surface area contributed by atoms with Gasteiger partial charge < -0.3 is 9.88 Å².